The van der Waals surface area contributed by atoms with Crippen molar-refractivity contribution in [1.82, 2.24) is 10.2 Å². The summed E-state index contributed by atoms with van der Waals surface area (Å²) in [7, 11) is 1.87. The molecule has 0 spiro atoms. The van der Waals surface area contributed by atoms with Gasteiger partial charge in [0.2, 0.25) is 0 Å². The van der Waals surface area contributed by atoms with Crippen molar-refractivity contribution in [3.8, 4) is 0 Å². The monoisotopic (exact) mass is 307 g/mol. The van der Waals surface area contributed by atoms with Gasteiger partial charge < -0.3 is 16.0 Å². The predicted octanol–water partition coefficient (Wildman–Crippen LogP) is 4.03. The molecule has 23 heavy (non-hydrogen) atoms. The highest BCUT2D eigenvalue weighted by Crippen LogP contribution is 2.28. The van der Waals surface area contributed by atoms with Gasteiger partial charge >= 0.3 is 0 Å². The van der Waals surface area contributed by atoms with Crippen molar-refractivity contribution in [3.05, 3.63) is 89.6 Å². The molecule has 0 saturated heterocycles. The second kappa shape index (κ2) is 7.05. The van der Waals surface area contributed by atoms with Crippen molar-refractivity contribution in [2.24, 2.45) is 5.73 Å². The SMILES string of the molecule is C=C(C/C(=C(/N)c1ccc(C)cc1)N1C=C(C)C=CC1=C)NC. The van der Waals surface area contributed by atoms with Crippen molar-refractivity contribution in [3.63, 3.8) is 0 Å². The van der Waals surface area contributed by atoms with Gasteiger partial charge in [0.05, 0.1) is 11.4 Å². The highest BCUT2D eigenvalue weighted by molar-refractivity contribution is 5.67. The van der Waals surface area contributed by atoms with Crippen LogP contribution < -0.4 is 11.1 Å². The summed E-state index contributed by atoms with van der Waals surface area (Å²) in [5.74, 6) is 0. The van der Waals surface area contributed by atoms with E-state index in [4.69, 9.17) is 5.73 Å². The third kappa shape index (κ3) is 3.95. The molecule has 1 aromatic rings. The fourth-order valence-corrected chi connectivity index (χ4v) is 2.39. The molecule has 0 fully saturated rings. The first-order valence-electron chi connectivity index (χ1n) is 7.68. The van der Waals surface area contributed by atoms with E-state index in [1.54, 1.807) is 0 Å². The number of hydrogen-bond acceptors (Lipinski definition) is 3. The number of nitrogens with one attached hydrogen (secondary N) is 1. The molecule has 1 heterocycles. The minimum atomic E-state index is 0.632. The maximum absolute atomic E-state index is 6.51. The lowest BCUT2D eigenvalue weighted by Crippen LogP contribution is -2.23. The van der Waals surface area contributed by atoms with Crippen LogP contribution in [0.1, 0.15) is 24.5 Å². The molecule has 0 saturated carbocycles. The summed E-state index contributed by atoms with van der Waals surface area (Å²) in [6.07, 6.45) is 6.74. The molecule has 0 aliphatic carbocycles. The summed E-state index contributed by atoms with van der Waals surface area (Å²) in [6, 6.07) is 8.23. The van der Waals surface area contributed by atoms with Gasteiger partial charge in [-0.1, -0.05) is 49.1 Å². The maximum Gasteiger partial charge on any atom is 0.0593 e. The standard InChI is InChI=1S/C20H25N3/c1-14-7-10-18(11-8-14)20(21)19(12-16(3)22-5)23-13-15(2)6-9-17(23)4/h6-11,13,22H,3-4,12,21H2,1-2,5H3/b20-19-. The van der Waals surface area contributed by atoms with Gasteiger partial charge in [0.1, 0.15) is 0 Å². The molecule has 0 bridgehead atoms. The Labute approximate surface area is 139 Å². The molecule has 3 N–H and O–H groups in total. The largest absolute Gasteiger partial charge is 0.397 e. The summed E-state index contributed by atoms with van der Waals surface area (Å²) in [5.41, 5.74) is 13.4. The van der Waals surface area contributed by atoms with Gasteiger partial charge in [0.15, 0.2) is 0 Å². The van der Waals surface area contributed by atoms with Crippen molar-refractivity contribution in [1.29, 1.82) is 0 Å². The van der Waals surface area contributed by atoms with Crippen LogP contribution in [0.15, 0.2) is 78.4 Å². The predicted molar refractivity (Wildman–Crippen MR) is 99.0 cm³/mol. The zero-order chi connectivity index (χ0) is 17.0. The van der Waals surface area contributed by atoms with E-state index in [9.17, 15) is 0 Å². The quantitative estimate of drug-likeness (QED) is 0.863. The average molecular weight is 307 g/mol. The van der Waals surface area contributed by atoms with Crippen LogP contribution in [0, 0.1) is 6.92 Å². The maximum atomic E-state index is 6.51. The summed E-state index contributed by atoms with van der Waals surface area (Å²) in [5, 5.41) is 3.10. The van der Waals surface area contributed by atoms with Gasteiger partial charge in [-0.25, -0.2) is 0 Å². The average Bonchev–Trinajstić information content (AvgIpc) is 2.55. The van der Waals surface area contributed by atoms with E-state index in [0.29, 0.717) is 6.42 Å². The fourth-order valence-electron chi connectivity index (χ4n) is 2.39. The van der Waals surface area contributed by atoms with Gasteiger partial charge in [-0.2, -0.15) is 0 Å². The Bertz CT molecular complexity index is 703. The van der Waals surface area contributed by atoms with Crippen LogP contribution in [-0.2, 0) is 0 Å². The lowest BCUT2D eigenvalue weighted by molar-refractivity contribution is 0.564. The number of nitrogens with zero attached hydrogens (tertiary/aromatic N) is 1. The second-order valence-corrected chi connectivity index (χ2v) is 5.82. The topological polar surface area (TPSA) is 41.3 Å². The minimum Gasteiger partial charge on any atom is -0.397 e. The molecule has 3 heteroatoms. The van der Waals surface area contributed by atoms with E-state index in [0.717, 1.165) is 33.9 Å². The van der Waals surface area contributed by atoms with Gasteiger partial charge in [-0.3, -0.25) is 0 Å². The molecule has 1 aliphatic rings. The van der Waals surface area contributed by atoms with Crippen LogP contribution in [0.3, 0.4) is 0 Å². The molecule has 2 rings (SSSR count). The van der Waals surface area contributed by atoms with E-state index in [1.807, 2.05) is 36.2 Å². The van der Waals surface area contributed by atoms with Crippen molar-refractivity contribution >= 4 is 5.70 Å². The van der Waals surface area contributed by atoms with Crippen LogP contribution in [0.25, 0.3) is 5.70 Å². The Morgan fingerprint density at radius 3 is 2.43 bits per heavy atom. The third-order valence-corrected chi connectivity index (χ3v) is 3.88. The summed E-state index contributed by atoms with van der Waals surface area (Å²) in [6.45, 7) is 12.3. The molecule has 0 aromatic heterocycles. The molecular formula is C20H25N3. The fraction of sp³-hybridized carbons (Fsp3) is 0.200. The van der Waals surface area contributed by atoms with Gasteiger partial charge in [0, 0.05) is 31.1 Å². The molecule has 0 atom stereocenters. The van der Waals surface area contributed by atoms with Crippen LogP contribution >= 0.6 is 0 Å². The lowest BCUT2D eigenvalue weighted by atomic mass is 10.0. The summed E-state index contributed by atoms with van der Waals surface area (Å²) >= 11 is 0. The Hall–Kier alpha value is -2.68. The van der Waals surface area contributed by atoms with Crippen LogP contribution in [0.5, 0.6) is 0 Å². The van der Waals surface area contributed by atoms with Crippen LogP contribution in [0.4, 0.5) is 0 Å². The van der Waals surface area contributed by atoms with Gasteiger partial charge in [-0.05, 0) is 31.1 Å². The second-order valence-electron chi connectivity index (χ2n) is 5.82. The van der Waals surface area contributed by atoms with Crippen LogP contribution in [-0.4, -0.2) is 11.9 Å². The van der Waals surface area contributed by atoms with Gasteiger partial charge in [0.25, 0.3) is 0 Å². The number of nitrogens with two attached hydrogens (primary N) is 1. The van der Waals surface area contributed by atoms with Crippen LogP contribution in [0.2, 0.25) is 0 Å². The lowest BCUT2D eigenvalue weighted by Gasteiger charge is -2.29. The Morgan fingerprint density at radius 2 is 1.83 bits per heavy atom. The molecule has 0 radical (unpaired) electrons. The zero-order valence-electron chi connectivity index (χ0n) is 14.2. The van der Waals surface area contributed by atoms with Crippen molar-refractivity contribution in [2.45, 2.75) is 20.3 Å². The smallest absolute Gasteiger partial charge is 0.0593 e. The third-order valence-electron chi connectivity index (χ3n) is 3.88. The van der Waals surface area contributed by atoms with E-state index < -0.39 is 0 Å². The number of rotatable bonds is 5. The highest BCUT2D eigenvalue weighted by atomic mass is 15.1. The number of aryl methyl sites for hydroxylation is 1. The van der Waals surface area contributed by atoms with E-state index in [-0.39, 0.29) is 0 Å². The summed E-state index contributed by atoms with van der Waals surface area (Å²) in [4.78, 5) is 2.05. The van der Waals surface area contributed by atoms with Crippen molar-refractivity contribution < 1.29 is 0 Å². The zero-order valence-corrected chi connectivity index (χ0v) is 14.2. The van der Waals surface area contributed by atoms with E-state index >= 15 is 0 Å². The molecular weight excluding hydrogens is 282 g/mol. The normalized spacial score (nSPS) is 15.2. The molecule has 1 aromatic carbocycles. The molecule has 3 nitrogen and oxygen atoms in total. The number of hydrogen-bond donors (Lipinski definition) is 2. The van der Waals surface area contributed by atoms with Crippen molar-refractivity contribution in [2.75, 3.05) is 7.05 Å². The molecule has 0 amide bonds. The molecule has 1 aliphatic heterocycles. The summed E-state index contributed by atoms with van der Waals surface area (Å²) < 4.78 is 0. The minimum absolute atomic E-state index is 0.632. The first kappa shape index (κ1) is 16.7. The molecule has 120 valence electrons. The van der Waals surface area contributed by atoms with Gasteiger partial charge in [-0.15, -0.1) is 0 Å². The Balaban J connectivity index is 2.50. The Morgan fingerprint density at radius 1 is 1.17 bits per heavy atom. The number of benzene rings is 1. The first-order chi connectivity index (χ1) is 10.9. The van der Waals surface area contributed by atoms with E-state index in [1.165, 1.54) is 5.56 Å². The Kier molecular flexibility index (Phi) is 5.12. The molecule has 0 unspecified atom stereocenters. The number of allylic oxidation sites excluding steroid dienone is 3. The highest BCUT2D eigenvalue weighted by Gasteiger charge is 2.17. The van der Waals surface area contributed by atoms with E-state index in [2.05, 4.69) is 50.7 Å². The first-order valence-corrected chi connectivity index (χ1v) is 7.68.